The summed E-state index contributed by atoms with van der Waals surface area (Å²) in [6.45, 7) is -2.15. The van der Waals surface area contributed by atoms with Crippen LogP contribution in [-0.2, 0) is 6.54 Å². The predicted molar refractivity (Wildman–Crippen MR) is 89.4 cm³/mol. The first-order chi connectivity index (χ1) is 12.0. The fourth-order valence-electron chi connectivity index (χ4n) is 2.42. The number of ether oxygens (including phenoxy) is 3. The second-order valence-electron chi connectivity index (χ2n) is 5.14. The molecule has 1 amide bonds. The summed E-state index contributed by atoms with van der Waals surface area (Å²) >= 11 is 3.27. The number of halogens is 3. The number of para-hydroxylation sites is 1. The number of carbonyl (C=O) groups excluding carboxylic acids is 1. The molecule has 1 heterocycles. The number of hydrogen-bond donors (Lipinski definition) is 1. The summed E-state index contributed by atoms with van der Waals surface area (Å²) in [5.74, 6) is 0.492. The Morgan fingerprint density at radius 2 is 2.04 bits per heavy atom. The number of nitrogens with one attached hydrogen (secondary N) is 1. The molecule has 0 saturated carbocycles. The average molecular weight is 414 g/mol. The van der Waals surface area contributed by atoms with E-state index in [1.165, 1.54) is 6.07 Å². The first kappa shape index (κ1) is 17.5. The Morgan fingerprint density at radius 1 is 1.24 bits per heavy atom. The summed E-state index contributed by atoms with van der Waals surface area (Å²) in [6.07, 6.45) is 0. The van der Waals surface area contributed by atoms with Crippen molar-refractivity contribution in [2.75, 3.05) is 13.2 Å². The van der Waals surface area contributed by atoms with E-state index in [0.29, 0.717) is 40.3 Å². The minimum Gasteiger partial charge on any atom is -0.486 e. The van der Waals surface area contributed by atoms with Gasteiger partial charge in [0.25, 0.3) is 5.91 Å². The molecule has 0 saturated heterocycles. The van der Waals surface area contributed by atoms with Crippen molar-refractivity contribution in [3.63, 3.8) is 0 Å². The normalized spacial score (nSPS) is 12.8. The first-order valence-corrected chi connectivity index (χ1v) is 8.24. The van der Waals surface area contributed by atoms with Crippen molar-refractivity contribution in [1.82, 2.24) is 5.32 Å². The van der Waals surface area contributed by atoms with Crippen LogP contribution < -0.4 is 19.5 Å². The maximum atomic E-state index is 12.5. The molecule has 25 heavy (non-hydrogen) atoms. The summed E-state index contributed by atoms with van der Waals surface area (Å²) < 4.78 is 41.1. The first-order valence-electron chi connectivity index (χ1n) is 7.44. The zero-order chi connectivity index (χ0) is 17.8. The third kappa shape index (κ3) is 4.19. The zero-order valence-electron chi connectivity index (χ0n) is 12.9. The van der Waals surface area contributed by atoms with E-state index in [2.05, 4.69) is 26.0 Å². The minimum absolute atomic E-state index is 0.00757. The highest BCUT2D eigenvalue weighted by molar-refractivity contribution is 9.10. The summed E-state index contributed by atoms with van der Waals surface area (Å²) in [6, 6.07) is 9.63. The van der Waals surface area contributed by atoms with Crippen molar-refractivity contribution in [3.8, 4) is 17.2 Å². The summed E-state index contributed by atoms with van der Waals surface area (Å²) in [5, 5.41) is 2.69. The number of carbonyl (C=O) groups is 1. The Balaban J connectivity index is 1.76. The molecule has 1 aliphatic heterocycles. The van der Waals surface area contributed by atoms with Crippen LogP contribution in [0.3, 0.4) is 0 Å². The number of benzene rings is 2. The molecule has 5 nitrogen and oxygen atoms in total. The Bertz CT molecular complexity index is 785. The van der Waals surface area contributed by atoms with E-state index in [0.717, 1.165) is 0 Å². The van der Waals surface area contributed by atoms with Gasteiger partial charge in [0.2, 0.25) is 0 Å². The molecule has 132 valence electrons. The molecule has 0 aliphatic carbocycles. The van der Waals surface area contributed by atoms with Crippen LogP contribution in [0.15, 0.2) is 40.9 Å². The lowest BCUT2D eigenvalue weighted by Gasteiger charge is -2.20. The molecular formula is C17H14BrF2NO4. The van der Waals surface area contributed by atoms with Crippen LogP contribution in [0.5, 0.6) is 17.2 Å². The zero-order valence-corrected chi connectivity index (χ0v) is 14.5. The fraction of sp³-hybridized carbons (Fsp3) is 0.235. The standard InChI is InChI=1S/C17H14BrF2NO4/c18-11-4-5-13(25-17(19)20)10(8-11)9-21-16(22)12-2-1-3-14-15(12)24-7-6-23-14/h1-5,8,17H,6-7,9H2,(H,21,22). The van der Waals surface area contributed by atoms with Crippen LogP contribution in [0, 0.1) is 0 Å². The van der Waals surface area contributed by atoms with Crippen molar-refractivity contribution >= 4 is 21.8 Å². The second-order valence-corrected chi connectivity index (χ2v) is 6.06. The second kappa shape index (κ2) is 7.69. The van der Waals surface area contributed by atoms with Crippen molar-refractivity contribution in [2.45, 2.75) is 13.2 Å². The molecule has 1 N–H and O–H groups in total. The van der Waals surface area contributed by atoms with Crippen molar-refractivity contribution in [2.24, 2.45) is 0 Å². The highest BCUT2D eigenvalue weighted by Crippen LogP contribution is 2.33. The largest absolute Gasteiger partial charge is 0.486 e. The van der Waals surface area contributed by atoms with Crippen molar-refractivity contribution in [1.29, 1.82) is 0 Å². The molecule has 0 aromatic heterocycles. The topological polar surface area (TPSA) is 56.8 Å². The molecule has 0 radical (unpaired) electrons. The molecule has 0 bridgehead atoms. The maximum absolute atomic E-state index is 12.5. The van der Waals surface area contributed by atoms with Gasteiger partial charge in [-0.15, -0.1) is 0 Å². The molecular weight excluding hydrogens is 400 g/mol. The van der Waals surface area contributed by atoms with Gasteiger partial charge in [-0.2, -0.15) is 8.78 Å². The Labute approximate surface area is 151 Å². The number of rotatable bonds is 5. The summed E-state index contributed by atoms with van der Waals surface area (Å²) in [5.41, 5.74) is 0.744. The van der Waals surface area contributed by atoms with Gasteiger partial charge in [0.1, 0.15) is 19.0 Å². The SMILES string of the molecule is O=C(NCc1cc(Br)ccc1OC(F)F)c1cccc2c1OCCO2. The number of hydrogen-bond acceptors (Lipinski definition) is 4. The van der Waals surface area contributed by atoms with Crippen molar-refractivity contribution in [3.05, 3.63) is 52.0 Å². The van der Waals surface area contributed by atoms with Crippen LogP contribution in [0.2, 0.25) is 0 Å². The molecule has 0 unspecified atom stereocenters. The van der Waals surface area contributed by atoms with Crippen LogP contribution in [0.4, 0.5) is 8.78 Å². The van der Waals surface area contributed by atoms with Gasteiger partial charge in [-0.3, -0.25) is 4.79 Å². The molecule has 8 heteroatoms. The predicted octanol–water partition coefficient (Wildman–Crippen LogP) is 3.75. The molecule has 1 aliphatic rings. The molecule has 0 atom stereocenters. The minimum atomic E-state index is -2.94. The molecule has 0 fully saturated rings. The van der Waals surface area contributed by atoms with Gasteiger partial charge in [-0.25, -0.2) is 0 Å². The van der Waals surface area contributed by atoms with Crippen LogP contribution in [0.1, 0.15) is 15.9 Å². The molecule has 2 aromatic rings. The number of fused-ring (bicyclic) bond motifs is 1. The van der Waals surface area contributed by atoms with Crippen LogP contribution in [0.25, 0.3) is 0 Å². The van der Waals surface area contributed by atoms with Gasteiger partial charge in [-0.05, 0) is 30.3 Å². The lowest BCUT2D eigenvalue weighted by molar-refractivity contribution is -0.0504. The summed E-state index contributed by atoms with van der Waals surface area (Å²) in [7, 11) is 0. The third-order valence-electron chi connectivity index (χ3n) is 3.49. The van der Waals surface area contributed by atoms with E-state index >= 15 is 0 Å². The van der Waals surface area contributed by atoms with Gasteiger partial charge < -0.3 is 19.5 Å². The quantitative estimate of drug-likeness (QED) is 0.810. The third-order valence-corrected chi connectivity index (χ3v) is 3.98. The lowest BCUT2D eigenvalue weighted by Crippen LogP contribution is -2.25. The summed E-state index contributed by atoms with van der Waals surface area (Å²) in [4.78, 5) is 12.5. The number of amides is 1. The fourth-order valence-corrected chi connectivity index (χ4v) is 2.83. The van der Waals surface area contributed by atoms with E-state index in [1.54, 1.807) is 30.3 Å². The van der Waals surface area contributed by atoms with Gasteiger partial charge >= 0.3 is 6.61 Å². The van der Waals surface area contributed by atoms with E-state index in [-0.39, 0.29) is 12.3 Å². The van der Waals surface area contributed by atoms with E-state index in [1.807, 2.05) is 0 Å². The van der Waals surface area contributed by atoms with Gasteiger partial charge in [0, 0.05) is 16.6 Å². The van der Waals surface area contributed by atoms with Crippen molar-refractivity contribution < 1.29 is 27.8 Å². The smallest absolute Gasteiger partial charge is 0.387 e. The Hall–Kier alpha value is -2.35. The van der Waals surface area contributed by atoms with Gasteiger partial charge in [-0.1, -0.05) is 22.0 Å². The van der Waals surface area contributed by atoms with Gasteiger partial charge in [0.15, 0.2) is 11.5 Å². The number of alkyl halides is 2. The van der Waals surface area contributed by atoms with Crippen LogP contribution >= 0.6 is 15.9 Å². The van der Waals surface area contributed by atoms with Crippen LogP contribution in [-0.4, -0.2) is 25.7 Å². The molecule has 3 rings (SSSR count). The van der Waals surface area contributed by atoms with E-state index in [9.17, 15) is 13.6 Å². The lowest BCUT2D eigenvalue weighted by atomic mass is 10.1. The van der Waals surface area contributed by atoms with E-state index in [4.69, 9.17) is 9.47 Å². The average Bonchev–Trinajstić information content (AvgIpc) is 2.60. The maximum Gasteiger partial charge on any atom is 0.387 e. The Kier molecular flexibility index (Phi) is 5.37. The Morgan fingerprint density at radius 3 is 2.84 bits per heavy atom. The molecule has 0 spiro atoms. The molecule has 2 aromatic carbocycles. The van der Waals surface area contributed by atoms with E-state index < -0.39 is 12.5 Å². The highest BCUT2D eigenvalue weighted by Gasteiger charge is 2.20. The monoisotopic (exact) mass is 413 g/mol. The highest BCUT2D eigenvalue weighted by atomic mass is 79.9. The van der Waals surface area contributed by atoms with Gasteiger partial charge in [0.05, 0.1) is 5.56 Å².